The number of halogens is 2. The second-order valence-corrected chi connectivity index (χ2v) is 6.06. The highest BCUT2D eigenvalue weighted by molar-refractivity contribution is 6.35. The van der Waals surface area contributed by atoms with E-state index in [0.717, 1.165) is 10.8 Å². The summed E-state index contributed by atoms with van der Waals surface area (Å²) in [6.07, 6.45) is 1.37. The maximum absolute atomic E-state index is 8.94. The van der Waals surface area contributed by atoms with Crippen molar-refractivity contribution in [2.45, 2.75) is 0 Å². The molecule has 128 valence electrons. The molecule has 0 aliphatic carbocycles. The second kappa shape index (κ2) is 8.10. The molecule has 3 rings (SSSR count). The molecular formula is C19H15Cl2NO3. The highest BCUT2D eigenvalue weighted by Gasteiger charge is 2.08. The lowest BCUT2D eigenvalue weighted by atomic mass is 10.0. The number of fused-ring (bicyclic) bond motifs is 1. The lowest BCUT2D eigenvalue weighted by Crippen LogP contribution is -2.10. The zero-order chi connectivity index (χ0) is 17.6. The van der Waals surface area contributed by atoms with E-state index in [1.54, 1.807) is 18.2 Å². The Morgan fingerprint density at radius 3 is 2.40 bits per heavy atom. The first-order chi connectivity index (χ1) is 12.2. The van der Waals surface area contributed by atoms with Crippen molar-refractivity contribution in [2.75, 3.05) is 13.2 Å². The summed E-state index contributed by atoms with van der Waals surface area (Å²) in [6, 6.07) is 16.7. The second-order valence-electron chi connectivity index (χ2n) is 5.21. The van der Waals surface area contributed by atoms with E-state index in [1.807, 2.05) is 36.4 Å². The summed E-state index contributed by atoms with van der Waals surface area (Å²) in [7, 11) is 0. The zero-order valence-electron chi connectivity index (χ0n) is 13.2. The van der Waals surface area contributed by atoms with Gasteiger partial charge in [0.1, 0.15) is 24.7 Å². The quantitative estimate of drug-likeness (QED) is 0.271. The van der Waals surface area contributed by atoms with E-state index in [-0.39, 0.29) is 0 Å². The van der Waals surface area contributed by atoms with Crippen LogP contribution in [0, 0.1) is 0 Å². The molecule has 0 unspecified atom stereocenters. The van der Waals surface area contributed by atoms with Gasteiger partial charge in [-0.05, 0) is 35.0 Å². The Bertz CT molecular complexity index is 912. The molecule has 0 aromatic heterocycles. The number of hydrogen-bond donors (Lipinski definition) is 1. The van der Waals surface area contributed by atoms with E-state index >= 15 is 0 Å². The third-order valence-corrected chi connectivity index (χ3v) is 4.14. The fourth-order valence-electron chi connectivity index (χ4n) is 2.49. The van der Waals surface area contributed by atoms with E-state index in [1.165, 1.54) is 6.21 Å². The van der Waals surface area contributed by atoms with Gasteiger partial charge in [-0.15, -0.1) is 0 Å². The molecule has 0 spiro atoms. The first-order valence-corrected chi connectivity index (χ1v) is 8.34. The number of nitrogens with zero attached hydrogens (tertiary/aromatic N) is 1. The Kier molecular flexibility index (Phi) is 5.64. The summed E-state index contributed by atoms with van der Waals surface area (Å²) >= 11 is 11.9. The van der Waals surface area contributed by atoms with Gasteiger partial charge in [0, 0.05) is 10.6 Å². The smallest absolute Gasteiger partial charge is 0.138 e. The molecule has 4 nitrogen and oxygen atoms in total. The molecule has 1 N–H and O–H groups in total. The van der Waals surface area contributed by atoms with Gasteiger partial charge >= 0.3 is 0 Å². The van der Waals surface area contributed by atoms with Gasteiger partial charge in [0.2, 0.25) is 0 Å². The fourth-order valence-corrected chi connectivity index (χ4v) is 2.95. The number of benzene rings is 3. The average Bonchev–Trinajstić information content (AvgIpc) is 2.62. The molecule has 0 aliphatic heterocycles. The Morgan fingerprint density at radius 2 is 1.64 bits per heavy atom. The van der Waals surface area contributed by atoms with Gasteiger partial charge in [0.15, 0.2) is 0 Å². The third-order valence-electron chi connectivity index (χ3n) is 3.61. The molecule has 0 saturated carbocycles. The van der Waals surface area contributed by atoms with Crippen LogP contribution in [0.4, 0.5) is 0 Å². The molecule has 0 atom stereocenters. The predicted octanol–water partition coefficient (Wildman–Crippen LogP) is 5.41. The fraction of sp³-hybridized carbons (Fsp3) is 0.105. The number of ether oxygens (including phenoxy) is 2. The SMILES string of the molecule is ON=Cc1c(OCCOc2ccc(Cl)cc2Cl)ccc2ccccc12. The van der Waals surface area contributed by atoms with Crippen LogP contribution in [0.1, 0.15) is 5.56 Å². The average molecular weight is 376 g/mol. The standard InChI is InChI=1S/C19H15Cl2NO3/c20-14-6-8-19(17(21)11-14)25-10-9-24-18-7-5-13-3-1-2-4-15(13)16(18)12-22-23/h1-8,11-12,23H,9-10H2. The van der Waals surface area contributed by atoms with Gasteiger partial charge < -0.3 is 14.7 Å². The summed E-state index contributed by atoms with van der Waals surface area (Å²) in [4.78, 5) is 0. The van der Waals surface area contributed by atoms with Gasteiger partial charge in [-0.2, -0.15) is 0 Å². The first-order valence-electron chi connectivity index (χ1n) is 7.59. The molecule has 3 aromatic carbocycles. The maximum Gasteiger partial charge on any atom is 0.138 e. The Morgan fingerprint density at radius 1 is 0.920 bits per heavy atom. The van der Waals surface area contributed by atoms with Crippen molar-refractivity contribution in [1.29, 1.82) is 0 Å². The molecule has 0 amide bonds. The van der Waals surface area contributed by atoms with E-state index in [0.29, 0.717) is 40.3 Å². The summed E-state index contributed by atoms with van der Waals surface area (Å²) in [5.41, 5.74) is 0.713. The number of hydrogen-bond acceptors (Lipinski definition) is 4. The molecule has 0 radical (unpaired) electrons. The van der Waals surface area contributed by atoms with E-state index in [9.17, 15) is 0 Å². The van der Waals surface area contributed by atoms with E-state index < -0.39 is 0 Å². The van der Waals surface area contributed by atoms with E-state index in [2.05, 4.69) is 5.16 Å². The van der Waals surface area contributed by atoms with Crippen molar-refractivity contribution in [3.05, 3.63) is 70.2 Å². The van der Waals surface area contributed by atoms with Crippen LogP contribution in [0.3, 0.4) is 0 Å². The first kappa shape index (κ1) is 17.4. The van der Waals surface area contributed by atoms with Crippen molar-refractivity contribution < 1.29 is 14.7 Å². The van der Waals surface area contributed by atoms with Gasteiger partial charge in [0.05, 0.1) is 11.2 Å². The van der Waals surface area contributed by atoms with Gasteiger partial charge in [-0.25, -0.2) is 0 Å². The van der Waals surface area contributed by atoms with Crippen LogP contribution in [0.25, 0.3) is 10.8 Å². The zero-order valence-corrected chi connectivity index (χ0v) is 14.7. The van der Waals surface area contributed by atoms with Crippen LogP contribution in [0.5, 0.6) is 11.5 Å². The van der Waals surface area contributed by atoms with Gasteiger partial charge in [-0.1, -0.05) is 58.7 Å². The lowest BCUT2D eigenvalue weighted by Gasteiger charge is -2.12. The van der Waals surface area contributed by atoms with Crippen molar-refractivity contribution in [3.63, 3.8) is 0 Å². The Balaban J connectivity index is 1.69. The van der Waals surface area contributed by atoms with Gasteiger partial charge in [0.25, 0.3) is 0 Å². The molecule has 6 heteroatoms. The topological polar surface area (TPSA) is 51.1 Å². The summed E-state index contributed by atoms with van der Waals surface area (Å²) in [5.74, 6) is 1.16. The molecule has 0 heterocycles. The number of rotatable bonds is 6. The Hall–Kier alpha value is -2.43. The van der Waals surface area contributed by atoms with Crippen LogP contribution >= 0.6 is 23.2 Å². The van der Waals surface area contributed by atoms with Crippen molar-refractivity contribution >= 4 is 40.2 Å². The molecule has 0 aliphatic rings. The van der Waals surface area contributed by atoms with Crippen molar-refractivity contribution in [2.24, 2.45) is 5.16 Å². The molecule has 3 aromatic rings. The van der Waals surface area contributed by atoms with Crippen LogP contribution in [0.2, 0.25) is 10.0 Å². The Labute approximate surface area is 155 Å². The van der Waals surface area contributed by atoms with Crippen molar-refractivity contribution in [3.8, 4) is 11.5 Å². The monoisotopic (exact) mass is 375 g/mol. The van der Waals surface area contributed by atoms with E-state index in [4.69, 9.17) is 37.9 Å². The van der Waals surface area contributed by atoms with Crippen LogP contribution < -0.4 is 9.47 Å². The predicted molar refractivity (Wildman–Crippen MR) is 101 cm³/mol. The summed E-state index contributed by atoms with van der Waals surface area (Å²) in [6.45, 7) is 0.619. The molecule has 0 saturated heterocycles. The third kappa shape index (κ3) is 4.16. The number of oxime groups is 1. The molecule has 0 bridgehead atoms. The summed E-state index contributed by atoms with van der Waals surface area (Å²) < 4.78 is 11.4. The minimum atomic E-state index is 0.309. The molecule has 25 heavy (non-hydrogen) atoms. The highest BCUT2D eigenvalue weighted by Crippen LogP contribution is 2.28. The molecule has 0 fully saturated rings. The summed E-state index contributed by atoms with van der Waals surface area (Å²) in [5, 5.41) is 15.1. The largest absolute Gasteiger partial charge is 0.489 e. The van der Waals surface area contributed by atoms with Crippen LogP contribution in [-0.2, 0) is 0 Å². The lowest BCUT2D eigenvalue weighted by molar-refractivity contribution is 0.217. The minimum Gasteiger partial charge on any atom is -0.489 e. The van der Waals surface area contributed by atoms with Gasteiger partial charge in [-0.3, -0.25) is 0 Å². The van der Waals surface area contributed by atoms with Crippen molar-refractivity contribution in [1.82, 2.24) is 0 Å². The highest BCUT2D eigenvalue weighted by atomic mass is 35.5. The minimum absolute atomic E-state index is 0.309. The van der Waals surface area contributed by atoms with Crippen LogP contribution in [0.15, 0.2) is 59.8 Å². The maximum atomic E-state index is 8.94. The normalized spacial score (nSPS) is 11.1. The van der Waals surface area contributed by atoms with Crippen LogP contribution in [-0.4, -0.2) is 24.6 Å². The molecular weight excluding hydrogens is 361 g/mol.